The Bertz CT molecular complexity index is 1230. The topological polar surface area (TPSA) is 68.5 Å². The molecule has 0 spiro atoms. The Kier molecular flexibility index (Phi) is 4.81. The quantitative estimate of drug-likeness (QED) is 0.652. The highest BCUT2D eigenvalue weighted by Gasteiger charge is 2.13. The number of terminal acetylenes is 1. The van der Waals surface area contributed by atoms with E-state index in [1.807, 2.05) is 13.0 Å². The molecule has 5 nitrogen and oxygen atoms in total. The van der Waals surface area contributed by atoms with E-state index in [1.165, 1.54) is 17.4 Å². The minimum atomic E-state index is -3.32. The van der Waals surface area contributed by atoms with Crippen LogP contribution in [-0.2, 0) is 16.4 Å². The van der Waals surface area contributed by atoms with Crippen molar-refractivity contribution in [1.29, 1.82) is 0 Å². The first-order valence-electron chi connectivity index (χ1n) is 7.72. The molecule has 0 aliphatic heterocycles. The minimum absolute atomic E-state index is 0.218. The van der Waals surface area contributed by atoms with Crippen LogP contribution in [0.15, 0.2) is 52.4 Å². The number of rotatable bonds is 3. The smallest absolute Gasteiger partial charge is 0.279 e. The van der Waals surface area contributed by atoms with E-state index in [0.717, 1.165) is 17.3 Å². The summed E-state index contributed by atoms with van der Waals surface area (Å²) in [7, 11) is -3.32. The number of thiazole rings is 1. The molecule has 0 aliphatic carbocycles. The largest absolute Gasteiger partial charge is 0.305 e. The van der Waals surface area contributed by atoms with Gasteiger partial charge in [-0.3, -0.25) is 4.79 Å². The number of hydrogen-bond acceptors (Lipinski definition) is 4. The maximum atomic E-state index is 12.5. The molecule has 1 heterocycles. The molecular weight excluding hydrogens is 368 g/mol. The van der Waals surface area contributed by atoms with Crippen molar-refractivity contribution in [3.63, 3.8) is 0 Å². The number of sulfone groups is 1. The van der Waals surface area contributed by atoms with Gasteiger partial charge in [0.1, 0.15) is 0 Å². The van der Waals surface area contributed by atoms with E-state index < -0.39 is 9.84 Å². The van der Waals surface area contributed by atoms with Crippen molar-refractivity contribution in [2.75, 3.05) is 6.26 Å². The number of aryl methyl sites for hydroxylation is 1. The van der Waals surface area contributed by atoms with E-state index in [1.54, 1.807) is 34.9 Å². The molecule has 0 aliphatic rings. The fourth-order valence-corrected chi connectivity index (χ4v) is 4.33. The van der Waals surface area contributed by atoms with Crippen molar-refractivity contribution in [3.8, 4) is 12.3 Å². The monoisotopic (exact) mass is 384 g/mol. The van der Waals surface area contributed by atoms with Crippen molar-refractivity contribution in [2.24, 2.45) is 4.99 Å². The Labute approximate surface area is 155 Å². The van der Waals surface area contributed by atoms with Crippen LogP contribution in [0, 0.1) is 19.3 Å². The number of aromatic nitrogens is 1. The van der Waals surface area contributed by atoms with Gasteiger partial charge in [0.2, 0.25) is 0 Å². The van der Waals surface area contributed by atoms with Crippen LogP contribution in [0.5, 0.6) is 0 Å². The van der Waals surface area contributed by atoms with Gasteiger partial charge in [-0.05, 0) is 37.3 Å². The summed E-state index contributed by atoms with van der Waals surface area (Å²) >= 11 is 1.24. The van der Waals surface area contributed by atoms with Crippen LogP contribution in [0.4, 0.5) is 0 Å². The van der Waals surface area contributed by atoms with Crippen molar-refractivity contribution >= 4 is 37.3 Å². The highest BCUT2D eigenvalue weighted by atomic mass is 32.2. The summed E-state index contributed by atoms with van der Waals surface area (Å²) in [6.07, 6.45) is 6.61. The Morgan fingerprint density at radius 3 is 2.69 bits per heavy atom. The Hall–Kier alpha value is -2.69. The zero-order valence-corrected chi connectivity index (χ0v) is 15.9. The second-order valence-electron chi connectivity index (χ2n) is 5.86. The predicted molar refractivity (Wildman–Crippen MR) is 103 cm³/mol. The molecule has 0 N–H and O–H groups in total. The highest BCUT2D eigenvalue weighted by molar-refractivity contribution is 7.90. The van der Waals surface area contributed by atoms with E-state index in [-0.39, 0.29) is 17.3 Å². The molecule has 26 heavy (non-hydrogen) atoms. The van der Waals surface area contributed by atoms with Gasteiger partial charge in [-0.25, -0.2) is 8.42 Å². The molecule has 0 saturated carbocycles. The lowest BCUT2D eigenvalue weighted by molar-refractivity contribution is 0.0998. The zero-order valence-electron chi connectivity index (χ0n) is 14.3. The standard InChI is InChI=1S/C19H16N2O3S2/c1-4-10-21-16-9-8-15(26(3,23)24)12-17(16)25-19(21)20-18(22)14-7-5-6-13(2)11-14/h1,5-9,11-12H,10H2,2-3H3. The predicted octanol–water partition coefficient (Wildman–Crippen LogP) is 2.79. The van der Waals surface area contributed by atoms with E-state index >= 15 is 0 Å². The number of nitrogens with zero attached hydrogens (tertiary/aromatic N) is 2. The van der Waals surface area contributed by atoms with Crippen LogP contribution in [0.3, 0.4) is 0 Å². The molecule has 7 heteroatoms. The van der Waals surface area contributed by atoms with Gasteiger partial charge < -0.3 is 4.57 Å². The fraction of sp³-hybridized carbons (Fsp3) is 0.158. The second-order valence-corrected chi connectivity index (χ2v) is 8.89. The first kappa shape index (κ1) is 18.1. The molecule has 0 atom stereocenters. The molecule has 0 radical (unpaired) electrons. The van der Waals surface area contributed by atoms with Crippen molar-refractivity contribution in [2.45, 2.75) is 18.4 Å². The molecule has 2 aromatic carbocycles. The van der Waals surface area contributed by atoms with Crippen molar-refractivity contribution < 1.29 is 13.2 Å². The second kappa shape index (κ2) is 6.90. The van der Waals surface area contributed by atoms with E-state index in [2.05, 4.69) is 10.9 Å². The number of hydrogen-bond donors (Lipinski definition) is 0. The summed E-state index contributed by atoms with van der Waals surface area (Å²) in [5.74, 6) is 2.18. The Balaban J connectivity index is 2.19. The third-order valence-corrected chi connectivity index (χ3v) is 5.95. The average molecular weight is 384 g/mol. The normalized spacial score (nSPS) is 12.3. The number of carbonyl (C=O) groups excluding carboxylic acids is 1. The Morgan fingerprint density at radius 2 is 2.04 bits per heavy atom. The van der Waals surface area contributed by atoms with Crippen LogP contribution >= 0.6 is 11.3 Å². The van der Waals surface area contributed by atoms with Crippen LogP contribution in [-0.4, -0.2) is 25.1 Å². The molecule has 0 unspecified atom stereocenters. The van der Waals surface area contributed by atoms with Gasteiger partial charge in [0, 0.05) is 11.8 Å². The molecule has 1 aromatic heterocycles. The first-order valence-corrected chi connectivity index (χ1v) is 10.4. The third-order valence-electron chi connectivity index (χ3n) is 3.79. The number of amides is 1. The summed E-state index contributed by atoms with van der Waals surface area (Å²) in [5.41, 5.74) is 2.21. The van der Waals surface area contributed by atoms with Gasteiger partial charge in [-0.1, -0.05) is 35.0 Å². The SMILES string of the molecule is C#CCn1c(=NC(=O)c2cccc(C)c2)sc2cc(S(C)(=O)=O)ccc21. The fourth-order valence-electron chi connectivity index (χ4n) is 2.54. The lowest BCUT2D eigenvalue weighted by atomic mass is 10.1. The van der Waals surface area contributed by atoms with Crippen molar-refractivity contribution in [3.05, 3.63) is 58.4 Å². The molecular formula is C19H16N2O3S2. The average Bonchev–Trinajstić information content (AvgIpc) is 2.91. The molecule has 132 valence electrons. The van der Waals surface area contributed by atoms with Crippen LogP contribution < -0.4 is 4.80 Å². The van der Waals surface area contributed by atoms with E-state index in [9.17, 15) is 13.2 Å². The minimum Gasteiger partial charge on any atom is -0.305 e. The van der Waals surface area contributed by atoms with Gasteiger partial charge in [-0.2, -0.15) is 4.99 Å². The van der Waals surface area contributed by atoms with Crippen LogP contribution in [0.1, 0.15) is 15.9 Å². The lowest BCUT2D eigenvalue weighted by Gasteiger charge is -2.01. The van der Waals surface area contributed by atoms with Crippen LogP contribution in [0.2, 0.25) is 0 Å². The summed E-state index contributed by atoms with van der Waals surface area (Å²) in [6.45, 7) is 2.14. The van der Waals surface area contributed by atoms with Gasteiger partial charge in [-0.15, -0.1) is 6.42 Å². The summed E-state index contributed by atoms with van der Waals surface area (Å²) in [6, 6.07) is 12.0. The van der Waals surface area contributed by atoms with Crippen LogP contribution in [0.25, 0.3) is 10.2 Å². The molecule has 0 bridgehead atoms. The maximum absolute atomic E-state index is 12.5. The van der Waals surface area contributed by atoms with Crippen molar-refractivity contribution in [1.82, 2.24) is 4.57 Å². The molecule has 0 saturated heterocycles. The summed E-state index contributed by atoms with van der Waals surface area (Å²) < 4.78 is 26.0. The lowest BCUT2D eigenvalue weighted by Crippen LogP contribution is -2.16. The molecule has 3 rings (SSSR count). The van der Waals surface area contributed by atoms with Gasteiger partial charge >= 0.3 is 0 Å². The van der Waals surface area contributed by atoms with Gasteiger partial charge in [0.05, 0.1) is 21.7 Å². The zero-order chi connectivity index (χ0) is 18.9. The number of carbonyl (C=O) groups is 1. The molecule has 3 aromatic rings. The third kappa shape index (κ3) is 3.62. The number of benzene rings is 2. The maximum Gasteiger partial charge on any atom is 0.279 e. The first-order chi connectivity index (χ1) is 12.3. The highest BCUT2D eigenvalue weighted by Crippen LogP contribution is 2.22. The van der Waals surface area contributed by atoms with Gasteiger partial charge in [0.25, 0.3) is 5.91 Å². The van der Waals surface area contributed by atoms with Gasteiger partial charge in [0.15, 0.2) is 14.6 Å². The summed E-state index contributed by atoms with van der Waals surface area (Å²) in [5, 5.41) is 0. The summed E-state index contributed by atoms with van der Waals surface area (Å²) in [4.78, 5) is 17.4. The Morgan fingerprint density at radius 1 is 1.27 bits per heavy atom. The molecule has 1 amide bonds. The van der Waals surface area contributed by atoms with E-state index in [4.69, 9.17) is 6.42 Å². The van der Waals surface area contributed by atoms with E-state index in [0.29, 0.717) is 15.1 Å². The molecule has 0 fully saturated rings. The number of fused-ring (bicyclic) bond motifs is 1.